The number of fused-ring (bicyclic) bond motifs is 1. The van der Waals surface area contributed by atoms with E-state index in [4.69, 9.17) is 4.52 Å². The molecule has 5 rings (SSSR count). The van der Waals surface area contributed by atoms with Gasteiger partial charge in [-0.1, -0.05) is 41.6 Å². The Labute approximate surface area is 178 Å². The van der Waals surface area contributed by atoms with E-state index in [1.807, 2.05) is 47.8 Å². The Morgan fingerprint density at radius 1 is 1.07 bits per heavy atom. The summed E-state index contributed by atoms with van der Waals surface area (Å²) in [5.41, 5.74) is 4.35. The highest BCUT2D eigenvalue weighted by Gasteiger charge is 2.22. The topological polar surface area (TPSA) is 71.3 Å². The van der Waals surface area contributed by atoms with Gasteiger partial charge in [-0.05, 0) is 41.6 Å². The lowest BCUT2D eigenvalue weighted by Crippen LogP contribution is -2.18. The SMILES string of the molecule is O=C(CCc1nc(-c2cccs2)no1)Nc1ccccc1N1CCc2ccccc21. The number of amides is 1. The fourth-order valence-corrected chi connectivity index (χ4v) is 4.35. The van der Waals surface area contributed by atoms with Crippen molar-refractivity contribution in [2.24, 2.45) is 0 Å². The Morgan fingerprint density at radius 2 is 1.90 bits per heavy atom. The first-order valence-electron chi connectivity index (χ1n) is 9.89. The van der Waals surface area contributed by atoms with Crippen LogP contribution in [0.15, 0.2) is 70.6 Å². The first-order chi connectivity index (χ1) is 14.8. The first-order valence-corrected chi connectivity index (χ1v) is 10.8. The maximum atomic E-state index is 12.6. The van der Waals surface area contributed by atoms with Crippen LogP contribution in [-0.4, -0.2) is 22.6 Å². The van der Waals surface area contributed by atoms with Crippen LogP contribution in [0, 0.1) is 0 Å². The van der Waals surface area contributed by atoms with Crippen LogP contribution in [0.1, 0.15) is 17.9 Å². The molecule has 0 bridgehead atoms. The summed E-state index contributed by atoms with van der Waals surface area (Å²) in [6.45, 7) is 0.902. The highest BCUT2D eigenvalue weighted by molar-refractivity contribution is 7.13. The molecule has 2 aromatic carbocycles. The van der Waals surface area contributed by atoms with Crippen molar-refractivity contribution in [1.82, 2.24) is 10.1 Å². The zero-order valence-electron chi connectivity index (χ0n) is 16.2. The predicted octanol–water partition coefficient (Wildman–Crippen LogP) is 5.06. The van der Waals surface area contributed by atoms with Gasteiger partial charge in [0.25, 0.3) is 0 Å². The van der Waals surface area contributed by atoms with Crippen molar-refractivity contribution in [1.29, 1.82) is 0 Å². The van der Waals surface area contributed by atoms with Gasteiger partial charge in [-0.25, -0.2) is 0 Å². The smallest absolute Gasteiger partial charge is 0.227 e. The average molecular weight is 417 g/mol. The molecule has 0 spiro atoms. The molecule has 0 radical (unpaired) electrons. The van der Waals surface area contributed by atoms with Crippen molar-refractivity contribution >= 4 is 34.3 Å². The van der Waals surface area contributed by atoms with Gasteiger partial charge >= 0.3 is 0 Å². The van der Waals surface area contributed by atoms with Crippen LogP contribution >= 0.6 is 11.3 Å². The number of carbonyl (C=O) groups excluding carboxylic acids is 1. The fourth-order valence-electron chi connectivity index (χ4n) is 3.70. The number of anilines is 3. The number of aromatic nitrogens is 2. The summed E-state index contributed by atoms with van der Waals surface area (Å²) in [5, 5.41) is 9.02. The van der Waals surface area contributed by atoms with Crippen molar-refractivity contribution < 1.29 is 9.32 Å². The maximum absolute atomic E-state index is 12.6. The molecule has 6 nitrogen and oxygen atoms in total. The predicted molar refractivity (Wildman–Crippen MR) is 118 cm³/mol. The molecular weight excluding hydrogens is 396 g/mol. The molecule has 30 heavy (non-hydrogen) atoms. The average Bonchev–Trinajstić information content (AvgIpc) is 3.53. The summed E-state index contributed by atoms with van der Waals surface area (Å²) in [4.78, 5) is 20.2. The van der Waals surface area contributed by atoms with Crippen molar-refractivity contribution in [2.75, 3.05) is 16.8 Å². The molecule has 1 aliphatic heterocycles. The molecular formula is C23H20N4O2S. The minimum atomic E-state index is -0.0780. The van der Waals surface area contributed by atoms with Crippen LogP contribution in [0.2, 0.25) is 0 Å². The van der Waals surface area contributed by atoms with Gasteiger partial charge < -0.3 is 14.7 Å². The highest BCUT2D eigenvalue weighted by Crippen LogP contribution is 2.38. The molecule has 7 heteroatoms. The number of aryl methyl sites for hydroxylation is 1. The summed E-state index contributed by atoms with van der Waals surface area (Å²) in [5.74, 6) is 0.958. The Morgan fingerprint density at radius 3 is 2.77 bits per heavy atom. The molecule has 0 atom stereocenters. The summed E-state index contributed by atoms with van der Waals surface area (Å²) in [6.07, 6.45) is 1.68. The minimum Gasteiger partial charge on any atom is -0.339 e. The summed E-state index contributed by atoms with van der Waals surface area (Å²) in [7, 11) is 0. The summed E-state index contributed by atoms with van der Waals surface area (Å²) < 4.78 is 5.29. The van der Waals surface area contributed by atoms with Crippen LogP contribution in [0.4, 0.5) is 17.1 Å². The molecule has 2 aromatic heterocycles. The van der Waals surface area contributed by atoms with Crippen LogP contribution < -0.4 is 10.2 Å². The molecule has 1 aliphatic rings. The second kappa shape index (κ2) is 8.12. The van der Waals surface area contributed by atoms with Crippen molar-refractivity contribution in [3.8, 4) is 10.7 Å². The number of carbonyl (C=O) groups is 1. The zero-order chi connectivity index (χ0) is 20.3. The number of nitrogens with zero attached hydrogens (tertiary/aromatic N) is 3. The Bertz CT molecular complexity index is 1170. The van der Waals surface area contributed by atoms with Gasteiger partial charge in [0.1, 0.15) is 0 Å². The molecule has 3 heterocycles. The van der Waals surface area contributed by atoms with E-state index in [-0.39, 0.29) is 12.3 Å². The van der Waals surface area contributed by atoms with E-state index < -0.39 is 0 Å². The Balaban J connectivity index is 1.26. The normalized spacial score (nSPS) is 12.7. The van der Waals surface area contributed by atoms with E-state index in [2.05, 4.69) is 38.6 Å². The van der Waals surface area contributed by atoms with E-state index in [0.29, 0.717) is 18.1 Å². The van der Waals surface area contributed by atoms with E-state index in [9.17, 15) is 4.79 Å². The summed E-state index contributed by atoms with van der Waals surface area (Å²) >= 11 is 1.56. The number of thiophene rings is 1. The van der Waals surface area contributed by atoms with Crippen LogP contribution in [0.5, 0.6) is 0 Å². The highest BCUT2D eigenvalue weighted by atomic mass is 32.1. The molecule has 0 aliphatic carbocycles. The number of rotatable bonds is 6. The van der Waals surface area contributed by atoms with E-state index in [1.165, 1.54) is 11.3 Å². The molecule has 4 aromatic rings. The number of para-hydroxylation sites is 3. The van der Waals surface area contributed by atoms with E-state index >= 15 is 0 Å². The quantitative estimate of drug-likeness (QED) is 0.475. The Hall–Kier alpha value is -3.45. The molecule has 150 valence electrons. The summed E-state index contributed by atoms with van der Waals surface area (Å²) in [6, 6.07) is 20.2. The van der Waals surface area contributed by atoms with Gasteiger partial charge in [-0.2, -0.15) is 4.98 Å². The molecule has 1 amide bonds. The lowest BCUT2D eigenvalue weighted by Gasteiger charge is -2.23. The van der Waals surface area contributed by atoms with Crippen LogP contribution in [-0.2, 0) is 17.6 Å². The maximum Gasteiger partial charge on any atom is 0.227 e. The number of hydrogen-bond acceptors (Lipinski definition) is 6. The molecule has 0 saturated heterocycles. The molecule has 0 saturated carbocycles. The fraction of sp³-hybridized carbons (Fsp3) is 0.174. The van der Waals surface area contributed by atoms with Crippen molar-refractivity contribution in [2.45, 2.75) is 19.3 Å². The van der Waals surface area contributed by atoms with Gasteiger partial charge in [-0.15, -0.1) is 11.3 Å². The number of hydrogen-bond donors (Lipinski definition) is 1. The second-order valence-electron chi connectivity index (χ2n) is 7.08. The largest absolute Gasteiger partial charge is 0.339 e. The van der Waals surface area contributed by atoms with Gasteiger partial charge in [0.15, 0.2) is 0 Å². The molecule has 1 N–H and O–H groups in total. The van der Waals surface area contributed by atoms with Crippen LogP contribution in [0.3, 0.4) is 0 Å². The zero-order valence-corrected chi connectivity index (χ0v) is 17.1. The third kappa shape index (κ3) is 3.71. The third-order valence-corrected chi connectivity index (χ3v) is 6.00. The second-order valence-corrected chi connectivity index (χ2v) is 8.03. The van der Waals surface area contributed by atoms with Gasteiger partial charge in [-0.3, -0.25) is 4.79 Å². The van der Waals surface area contributed by atoms with Gasteiger partial charge in [0.2, 0.25) is 17.6 Å². The van der Waals surface area contributed by atoms with Gasteiger partial charge in [0, 0.05) is 25.1 Å². The Kier molecular flexibility index (Phi) is 5.03. The molecule has 0 unspecified atom stereocenters. The van der Waals surface area contributed by atoms with Crippen molar-refractivity contribution in [3.63, 3.8) is 0 Å². The van der Waals surface area contributed by atoms with Gasteiger partial charge in [0.05, 0.1) is 16.3 Å². The lowest BCUT2D eigenvalue weighted by atomic mass is 10.1. The molecule has 0 fully saturated rings. The van der Waals surface area contributed by atoms with E-state index in [1.54, 1.807) is 11.3 Å². The lowest BCUT2D eigenvalue weighted by molar-refractivity contribution is -0.116. The van der Waals surface area contributed by atoms with Crippen molar-refractivity contribution in [3.05, 3.63) is 77.5 Å². The minimum absolute atomic E-state index is 0.0780. The number of nitrogens with one attached hydrogen (secondary N) is 1. The first kappa shape index (κ1) is 18.6. The number of benzene rings is 2. The monoisotopic (exact) mass is 416 g/mol. The van der Waals surface area contributed by atoms with E-state index in [0.717, 1.165) is 29.2 Å². The standard InChI is InChI=1S/C23H20N4O2S/c28-21(11-12-22-25-23(26-29-22)20-10-5-15-30-20)24-17-7-2-4-9-19(17)27-14-13-16-6-1-3-8-18(16)27/h1-10,15H,11-14H2,(H,24,28). The van der Waals surface area contributed by atoms with Crippen LogP contribution in [0.25, 0.3) is 10.7 Å². The third-order valence-electron chi connectivity index (χ3n) is 5.13.